The number of pyridine rings is 1. The molecular formula is C20H14F2N4. The third-order valence-electron chi connectivity index (χ3n) is 4.10. The maximum absolute atomic E-state index is 13.4. The zero-order valence-electron chi connectivity index (χ0n) is 13.9. The minimum atomic E-state index is -0.386. The summed E-state index contributed by atoms with van der Waals surface area (Å²) in [5, 5.41) is 13.2. The van der Waals surface area contributed by atoms with Crippen molar-refractivity contribution in [3.05, 3.63) is 78.1 Å². The molecule has 2 heterocycles. The number of hydrogen-bond donors (Lipinski definition) is 1. The summed E-state index contributed by atoms with van der Waals surface area (Å²) in [5.74, 6) is -0.122. The van der Waals surface area contributed by atoms with Crippen LogP contribution in [0.15, 0.2) is 60.9 Å². The number of hydrogen-bond acceptors (Lipinski definition) is 4. The van der Waals surface area contributed by atoms with Gasteiger partial charge in [0.15, 0.2) is 0 Å². The van der Waals surface area contributed by atoms with Crippen molar-refractivity contribution in [1.82, 2.24) is 15.2 Å². The first-order chi connectivity index (χ1) is 12.6. The Morgan fingerprint density at radius 2 is 1.73 bits per heavy atom. The van der Waals surface area contributed by atoms with Crippen molar-refractivity contribution in [1.29, 1.82) is 0 Å². The van der Waals surface area contributed by atoms with Gasteiger partial charge < -0.3 is 5.32 Å². The second kappa shape index (κ2) is 6.48. The zero-order chi connectivity index (χ0) is 18.1. The number of halogens is 2. The number of rotatable bonds is 3. The minimum Gasteiger partial charge on any atom is -0.340 e. The molecule has 0 unspecified atom stereocenters. The summed E-state index contributed by atoms with van der Waals surface area (Å²) >= 11 is 0. The van der Waals surface area contributed by atoms with Crippen LogP contribution in [0.2, 0.25) is 0 Å². The number of benzene rings is 2. The van der Waals surface area contributed by atoms with Gasteiger partial charge in [0, 0.05) is 22.0 Å². The smallest absolute Gasteiger partial charge is 0.141 e. The predicted molar refractivity (Wildman–Crippen MR) is 97.1 cm³/mol. The summed E-state index contributed by atoms with van der Waals surface area (Å²) in [6, 6.07) is 13.2. The highest BCUT2D eigenvalue weighted by Crippen LogP contribution is 2.30. The van der Waals surface area contributed by atoms with E-state index in [1.807, 2.05) is 25.1 Å². The lowest BCUT2D eigenvalue weighted by molar-refractivity contribution is 0.622. The maximum Gasteiger partial charge on any atom is 0.141 e. The highest BCUT2D eigenvalue weighted by Gasteiger charge is 2.10. The number of anilines is 2. The summed E-state index contributed by atoms with van der Waals surface area (Å²) in [5.41, 5.74) is 3.13. The van der Waals surface area contributed by atoms with Crippen LogP contribution in [0.4, 0.5) is 20.3 Å². The second-order valence-electron chi connectivity index (χ2n) is 5.94. The Morgan fingerprint density at radius 3 is 2.50 bits per heavy atom. The Morgan fingerprint density at radius 1 is 0.885 bits per heavy atom. The van der Waals surface area contributed by atoms with Crippen molar-refractivity contribution >= 4 is 22.3 Å². The van der Waals surface area contributed by atoms with Gasteiger partial charge in [-0.15, -0.1) is 5.10 Å². The van der Waals surface area contributed by atoms with E-state index in [4.69, 9.17) is 0 Å². The molecule has 0 saturated carbocycles. The summed E-state index contributed by atoms with van der Waals surface area (Å²) < 4.78 is 26.4. The molecule has 0 amide bonds. The predicted octanol–water partition coefficient (Wildman–Crippen LogP) is 5.02. The third-order valence-corrected chi connectivity index (χ3v) is 4.10. The molecule has 0 radical (unpaired) electrons. The monoisotopic (exact) mass is 348 g/mol. The van der Waals surface area contributed by atoms with Crippen molar-refractivity contribution in [3.8, 4) is 11.3 Å². The molecule has 4 nitrogen and oxygen atoms in total. The fourth-order valence-electron chi connectivity index (χ4n) is 2.85. The van der Waals surface area contributed by atoms with Crippen LogP contribution < -0.4 is 5.32 Å². The van der Waals surface area contributed by atoms with Crippen molar-refractivity contribution in [2.75, 3.05) is 5.32 Å². The number of fused-ring (bicyclic) bond motifs is 1. The molecule has 4 rings (SSSR count). The number of nitrogens with one attached hydrogen (secondary N) is 1. The third kappa shape index (κ3) is 3.09. The molecule has 0 aliphatic rings. The summed E-state index contributed by atoms with van der Waals surface area (Å²) in [7, 11) is 0. The van der Waals surface area contributed by atoms with E-state index >= 15 is 0 Å². The summed E-state index contributed by atoms with van der Waals surface area (Å²) in [4.78, 5) is 3.99. The van der Waals surface area contributed by atoms with Crippen molar-refractivity contribution in [3.63, 3.8) is 0 Å². The molecule has 2 aromatic heterocycles. The molecule has 128 valence electrons. The van der Waals surface area contributed by atoms with E-state index in [0.29, 0.717) is 11.5 Å². The normalized spacial score (nSPS) is 10.9. The molecule has 0 atom stereocenters. The second-order valence-corrected chi connectivity index (χ2v) is 5.94. The first kappa shape index (κ1) is 16.1. The van der Waals surface area contributed by atoms with Gasteiger partial charge in [0.2, 0.25) is 0 Å². The quantitative estimate of drug-likeness (QED) is 0.565. The number of aromatic nitrogens is 3. The topological polar surface area (TPSA) is 50.7 Å². The fraction of sp³-hybridized carbons (Fsp3) is 0.0500. The van der Waals surface area contributed by atoms with Gasteiger partial charge >= 0.3 is 0 Å². The van der Waals surface area contributed by atoms with Gasteiger partial charge in [-0.1, -0.05) is 0 Å². The highest BCUT2D eigenvalue weighted by atomic mass is 19.1. The fourth-order valence-corrected chi connectivity index (χ4v) is 2.85. The number of aryl methyl sites for hydroxylation is 1. The van der Waals surface area contributed by atoms with Crippen LogP contribution in [-0.2, 0) is 0 Å². The van der Waals surface area contributed by atoms with Crippen molar-refractivity contribution in [2.45, 2.75) is 6.92 Å². The van der Waals surface area contributed by atoms with Gasteiger partial charge in [-0.2, -0.15) is 5.10 Å². The maximum atomic E-state index is 13.4. The van der Waals surface area contributed by atoms with Crippen LogP contribution in [0.5, 0.6) is 0 Å². The standard InChI is InChI=1S/C20H14F2N4/c1-12-8-14(21)2-5-17(12)20-18-6-4-16(9-13(18)10-24-26-20)25-19-7-3-15(22)11-23-19/h2-11H,1H3,(H,23,25). The lowest BCUT2D eigenvalue weighted by Crippen LogP contribution is -1.96. The van der Waals surface area contributed by atoms with E-state index in [2.05, 4.69) is 20.5 Å². The molecule has 4 aromatic rings. The van der Waals surface area contributed by atoms with Crippen LogP contribution in [0.3, 0.4) is 0 Å². The van der Waals surface area contributed by atoms with E-state index in [0.717, 1.165) is 33.8 Å². The van der Waals surface area contributed by atoms with Crippen molar-refractivity contribution < 1.29 is 8.78 Å². The van der Waals surface area contributed by atoms with Crippen LogP contribution in [0, 0.1) is 18.6 Å². The zero-order valence-corrected chi connectivity index (χ0v) is 13.9. The molecule has 1 N–H and O–H groups in total. The lowest BCUT2D eigenvalue weighted by atomic mass is 10.0. The van der Waals surface area contributed by atoms with Crippen LogP contribution in [0.25, 0.3) is 22.0 Å². The first-order valence-corrected chi connectivity index (χ1v) is 8.01. The molecule has 0 aliphatic carbocycles. The molecular weight excluding hydrogens is 334 g/mol. The molecule has 0 aliphatic heterocycles. The SMILES string of the molecule is Cc1cc(F)ccc1-c1nncc2cc(Nc3ccc(F)cn3)ccc12. The van der Waals surface area contributed by atoms with Gasteiger partial charge in [0.1, 0.15) is 23.1 Å². The summed E-state index contributed by atoms with van der Waals surface area (Å²) in [6.07, 6.45) is 2.82. The van der Waals surface area contributed by atoms with E-state index in [-0.39, 0.29) is 11.6 Å². The molecule has 0 fully saturated rings. The van der Waals surface area contributed by atoms with Gasteiger partial charge in [-0.3, -0.25) is 0 Å². The average Bonchev–Trinajstić information content (AvgIpc) is 2.63. The van der Waals surface area contributed by atoms with Gasteiger partial charge in [0.25, 0.3) is 0 Å². The van der Waals surface area contributed by atoms with Crippen LogP contribution >= 0.6 is 0 Å². The minimum absolute atomic E-state index is 0.280. The van der Waals surface area contributed by atoms with E-state index in [1.54, 1.807) is 18.3 Å². The molecule has 0 saturated heterocycles. The molecule has 0 spiro atoms. The molecule has 2 aromatic carbocycles. The Kier molecular flexibility index (Phi) is 4.01. The summed E-state index contributed by atoms with van der Waals surface area (Å²) in [6.45, 7) is 1.84. The largest absolute Gasteiger partial charge is 0.340 e. The van der Waals surface area contributed by atoms with E-state index in [9.17, 15) is 8.78 Å². The van der Waals surface area contributed by atoms with E-state index < -0.39 is 0 Å². The Hall–Kier alpha value is -3.41. The van der Waals surface area contributed by atoms with Crippen LogP contribution in [-0.4, -0.2) is 15.2 Å². The average molecular weight is 348 g/mol. The Labute approximate surface area is 148 Å². The molecule has 6 heteroatoms. The van der Waals surface area contributed by atoms with Crippen molar-refractivity contribution in [2.24, 2.45) is 0 Å². The van der Waals surface area contributed by atoms with Gasteiger partial charge in [-0.05, 0) is 61.0 Å². The Balaban J connectivity index is 1.75. The highest BCUT2D eigenvalue weighted by molar-refractivity contribution is 5.96. The lowest BCUT2D eigenvalue weighted by Gasteiger charge is -2.10. The van der Waals surface area contributed by atoms with E-state index in [1.165, 1.54) is 18.2 Å². The molecule has 26 heavy (non-hydrogen) atoms. The van der Waals surface area contributed by atoms with Crippen LogP contribution in [0.1, 0.15) is 5.56 Å². The number of nitrogens with zero attached hydrogens (tertiary/aromatic N) is 3. The van der Waals surface area contributed by atoms with Gasteiger partial charge in [-0.25, -0.2) is 13.8 Å². The first-order valence-electron chi connectivity index (χ1n) is 8.01. The van der Waals surface area contributed by atoms with Gasteiger partial charge in [0.05, 0.1) is 12.4 Å². The molecule has 0 bridgehead atoms. The Bertz CT molecular complexity index is 1090.